The molecule has 36 heavy (non-hydrogen) atoms. The topological polar surface area (TPSA) is 92.5 Å². The fraction of sp³-hybridized carbons (Fsp3) is 0.185. The summed E-state index contributed by atoms with van der Waals surface area (Å²) in [5, 5.41) is 3.52. The quantitative estimate of drug-likeness (QED) is 0.341. The van der Waals surface area contributed by atoms with Crippen LogP contribution in [0.1, 0.15) is 35.5 Å². The maximum Gasteiger partial charge on any atom is 0.287 e. The zero-order valence-electron chi connectivity index (χ0n) is 20.0. The first-order valence-corrected chi connectivity index (χ1v) is 12.9. The van der Waals surface area contributed by atoms with E-state index in [0.29, 0.717) is 35.5 Å². The maximum atomic E-state index is 14.4. The third kappa shape index (κ3) is 5.16. The van der Waals surface area contributed by atoms with Crippen LogP contribution in [-0.2, 0) is 16.4 Å². The highest BCUT2D eigenvalue weighted by Gasteiger charge is 2.21. The minimum Gasteiger partial charge on any atom is -0.449 e. The molecule has 0 radical (unpaired) electrons. The Morgan fingerprint density at radius 3 is 2.44 bits per heavy atom. The van der Waals surface area contributed by atoms with Gasteiger partial charge >= 0.3 is 0 Å². The Kier molecular flexibility index (Phi) is 7.21. The van der Waals surface area contributed by atoms with Gasteiger partial charge in [-0.25, -0.2) is 12.8 Å². The van der Waals surface area contributed by atoms with Crippen LogP contribution in [0, 0.1) is 5.82 Å². The first-order chi connectivity index (χ1) is 17.2. The molecular formula is C27H26FN3O4S. The molecule has 2 aromatic carbocycles. The Labute approximate surface area is 209 Å². The van der Waals surface area contributed by atoms with Gasteiger partial charge in [-0.2, -0.15) is 0 Å². The monoisotopic (exact) mass is 507 g/mol. The average Bonchev–Trinajstić information content (AvgIpc) is 3.32. The highest BCUT2D eigenvalue weighted by atomic mass is 32.2. The zero-order chi connectivity index (χ0) is 25.9. The molecule has 0 saturated heterocycles. The van der Waals surface area contributed by atoms with Crippen LogP contribution in [0.5, 0.6) is 0 Å². The number of sulfone groups is 1. The first kappa shape index (κ1) is 25.1. The third-order valence-corrected chi connectivity index (χ3v) is 7.64. The van der Waals surface area contributed by atoms with Crippen molar-refractivity contribution in [2.24, 2.45) is 0 Å². The fourth-order valence-electron chi connectivity index (χ4n) is 3.86. The van der Waals surface area contributed by atoms with Crippen molar-refractivity contribution in [2.75, 3.05) is 13.1 Å². The number of hydrogen-bond donors (Lipinski definition) is 1. The minimum absolute atomic E-state index is 0.0207. The molecule has 0 fully saturated rings. The van der Waals surface area contributed by atoms with Crippen LogP contribution in [0.4, 0.5) is 4.39 Å². The van der Waals surface area contributed by atoms with Crippen molar-refractivity contribution >= 4 is 32.4 Å². The predicted molar refractivity (Wildman–Crippen MR) is 135 cm³/mol. The molecule has 0 aliphatic rings. The van der Waals surface area contributed by atoms with Crippen LogP contribution in [0.3, 0.4) is 0 Å². The molecule has 4 rings (SSSR count). The molecule has 0 atom stereocenters. The van der Waals surface area contributed by atoms with Crippen LogP contribution in [-0.4, -0.2) is 37.3 Å². The number of carbonyl (C=O) groups excluding carboxylic acids is 1. The van der Waals surface area contributed by atoms with Gasteiger partial charge in [0.25, 0.3) is 5.91 Å². The lowest BCUT2D eigenvalue weighted by atomic mass is 10.1. The van der Waals surface area contributed by atoms with Crippen molar-refractivity contribution in [3.8, 4) is 0 Å². The highest BCUT2D eigenvalue weighted by molar-refractivity contribution is 7.91. The van der Waals surface area contributed by atoms with Gasteiger partial charge in [0.15, 0.2) is 11.3 Å². The molecule has 7 nitrogen and oxygen atoms in total. The SMILES string of the molecule is C=C(c1cc(F)cc(S(=O)(=O)c2ccc(CNC(=O)c3cc4ccncc4o3)cc2)c1)N(CC)CC. The summed E-state index contributed by atoms with van der Waals surface area (Å²) in [5.41, 5.74) is 2.18. The van der Waals surface area contributed by atoms with Gasteiger partial charge < -0.3 is 14.6 Å². The summed E-state index contributed by atoms with van der Waals surface area (Å²) in [6, 6.07) is 13.2. The summed E-state index contributed by atoms with van der Waals surface area (Å²) in [4.78, 5) is 18.2. The van der Waals surface area contributed by atoms with Gasteiger partial charge in [-0.15, -0.1) is 0 Å². The van der Waals surface area contributed by atoms with Gasteiger partial charge in [0.2, 0.25) is 9.84 Å². The van der Waals surface area contributed by atoms with E-state index in [1.807, 2.05) is 18.7 Å². The Morgan fingerprint density at radius 1 is 1.06 bits per heavy atom. The molecule has 0 unspecified atom stereocenters. The fourth-order valence-corrected chi connectivity index (χ4v) is 5.18. The van der Waals surface area contributed by atoms with E-state index < -0.39 is 21.6 Å². The Balaban J connectivity index is 1.49. The molecule has 2 aromatic heterocycles. The van der Waals surface area contributed by atoms with Gasteiger partial charge in [-0.1, -0.05) is 18.7 Å². The van der Waals surface area contributed by atoms with Crippen LogP contribution in [0.15, 0.2) is 87.8 Å². The number of aromatic nitrogens is 1. The molecule has 0 aliphatic heterocycles. The van der Waals surface area contributed by atoms with Crippen molar-refractivity contribution in [3.05, 3.63) is 96.3 Å². The molecule has 0 bridgehead atoms. The van der Waals surface area contributed by atoms with Crippen molar-refractivity contribution in [1.29, 1.82) is 0 Å². The molecule has 0 saturated carbocycles. The summed E-state index contributed by atoms with van der Waals surface area (Å²) in [5.74, 6) is -0.894. The second-order valence-corrected chi connectivity index (χ2v) is 10.1. The second-order valence-electron chi connectivity index (χ2n) is 8.15. The molecule has 186 valence electrons. The number of pyridine rings is 1. The second kappa shape index (κ2) is 10.3. The van der Waals surface area contributed by atoms with Gasteiger partial charge in [0.1, 0.15) is 5.82 Å². The van der Waals surface area contributed by atoms with E-state index in [-0.39, 0.29) is 22.1 Å². The number of furan rings is 1. The molecular weight excluding hydrogens is 481 g/mol. The molecule has 1 N–H and O–H groups in total. The van der Waals surface area contributed by atoms with Crippen LogP contribution < -0.4 is 5.32 Å². The summed E-state index contributed by atoms with van der Waals surface area (Å²) in [6.45, 7) is 9.40. The maximum absolute atomic E-state index is 14.4. The number of fused-ring (bicyclic) bond motifs is 1. The number of nitrogens with one attached hydrogen (secondary N) is 1. The highest BCUT2D eigenvalue weighted by Crippen LogP contribution is 2.27. The largest absolute Gasteiger partial charge is 0.449 e. The van der Waals surface area contributed by atoms with E-state index in [1.54, 1.807) is 30.5 Å². The lowest BCUT2D eigenvalue weighted by molar-refractivity contribution is 0.0925. The third-order valence-electron chi connectivity index (χ3n) is 5.89. The summed E-state index contributed by atoms with van der Waals surface area (Å²) >= 11 is 0. The number of hydrogen-bond acceptors (Lipinski definition) is 6. The molecule has 0 spiro atoms. The predicted octanol–water partition coefficient (Wildman–Crippen LogP) is 5.04. The number of nitrogens with zero attached hydrogens (tertiary/aromatic N) is 2. The van der Waals surface area contributed by atoms with E-state index in [2.05, 4.69) is 16.9 Å². The molecule has 2 heterocycles. The van der Waals surface area contributed by atoms with Gasteiger partial charge in [-0.3, -0.25) is 9.78 Å². The molecule has 0 aliphatic carbocycles. The van der Waals surface area contributed by atoms with Gasteiger partial charge in [0, 0.05) is 42.5 Å². The number of halogens is 1. The molecule has 4 aromatic rings. The van der Waals surface area contributed by atoms with Gasteiger partial charge in [0.05, 0.1) is 16.0 Å². The molecule has 1 amide bonds. The number of benzene rings is 2. The summed E-state index contributed by atoms with van der Waals surface area (Å²) < 4.78 is 46.3. The van der Waals surface area contributed by atoms with Crippen LogP contribution in [0.25, 0.3) is 16.7 Å². The average molecular weight is 508 g/mol. The van der Waals surface area contributed by atoms with Crippen molar-refractivity contribution in [1.82, 2.24) is 15.2 Å². The van der Waals surface area contributed by atoms with Crippen molar-refractivity contribution in [3.63, 3.8) is 0 Å². The van der Waals surface area contributed by atoms with Crippen LogP contribution >= 0.6 is 0 Å². The Bertz CT molecular complexity index is 1490. The van der Waals surface area contributed by atoms with Crippen molar-refractivity contribution in [2.45, 2.75) is 30.2 Å². The van der Waals surface area contributed by atoms with Crippen LogP contribution in [0.2, 0.25) is 0 Å². The lowest BCUT2D eigenvalue weighted by Gasteiger charge is -2.24. The van der Waals surface area contributed by atoms with E-state index >= 15 is 0 Å². The zero-order valence-corrected chi connectivity index (χ0v) is 20.8. The van der Waals surface area contributed by atoms with Gasteiger partial charge in [-0.05, 0) is 61.9 Å². The van der Waals surface area contributed by atoms with E-state index in [0.717, 1.165) is 11.5 Å². The Hall–Kier alpha value is -3.98. The summed E-state index contributed by atoms with van der Waals surface area (Å²) in [7, 11) is -3.97. The number of amides is 1. The standard InChI is InChI=1S/C27H26FN3O4S/c1-4-31(5-2)18(3)21-12-22(28)15-24(13-21)36(33,34)23-8-6-19(7-9-23)16-30-27(32)25-14-20-10-11-29-17-26(20)35-25/h6-15,17H,3-5,16H2,1-2H3,(H,30,32). The summed E-state index contributed by atoms with van der Waals surface area (Å²) in [6.07, 6.45) is 3.15. The number of carbonyl (C=O) groups is 1. The lowest BCUT2D eigenvalue weighted by Crippen LogP contribution is -2.22. The Morgan fingerprint density at radius 2 is 1.78 bits per heavy atom. The normalized spacial score (nSPS) is 11.4. The first-order valence-electron chi connectivity index (χ1n) is 11.4. The van der Waals surface area contributed by atoms with Crippen molar-refractivity contribution < 1.29 is 22.0 Å². The van der Waals surface area contributed by atoms with E-state index in [1.165, 1.54) is 30.5 Å². The van der Waals surface area contributed by atoms with E-state index in [4.69, 9.17) is 4.42 Å². The minimum atomic E-state index is -3.97. The smallest absolute Gasteiger partial charge is 0.287 e. The van der Waals surface area contributed by atoms with E-state index in [9.17, 15) is 17.6 Å². The molecule has 9 heteroatoms. The number of rotatable bonds is 9.